The van der Waals surface area contributed by atoms with Gasteiger partial charge in [-0.1, -0.05) is 65.3 Å². The lowest BCUT2D eigenvalue weighted by Gasteiger charge is -2.58. The monoisotopic (exact) mass is 412 g/mol. The molecule has 30 heavy (non-hydrogen) atoms. The Labute approximate surface area is 186 Å². The largest absolute Gasteiger partial charge is 0.393 e. The fourth-order valence-corrected chi connectivity index (χ4v) is 8.83. The van der Waals surface area contributed by atoms with Gasteiger partial charge in [0.1, 0.15) is 0 Å². The van der Waals surface area contributed by atoms with Gasteiger partial charge in [0, 0.05) is 0 Å². The molecule has 4 unspecified atom stereocenters. The van der Waals surface area contributed by atoms with Crippen molar-refractivity contribution in [3.8, 4) is 0 Å². The molecule has 4 aliphatic rings. The first kappa shape index (κ1) is 22.6. The molecule has 3 fully saturated rings. The van der Waals surface area contributed by atoms with Crippen LogP contribution in [0.5, 0.6) is 0 Å². The highest BCUT2D eigenvalue weighted by Gasteiger charge is 2.58. The molecule has 9 atom stereocenters. The Bertz CT molecular complexity index is 674. The topological polar surface area (TPSA) is 20.2 Å². The van der Waals surface area contributed by atoms with Crippen LogP contribution in [-0.2, 0) is 0 Å². The molecule has 0 aliphatic heterocycles. The summed E-state index contributed by atoms with van der Waals surface area (Å²) in [6, 6.07) is 0. The summed E-state index contributed by atoms with van der Waals surface area (Å²) in [7, 11) is 0. The molecule has 0 saturated heterocycles. The van der Waals surface area contributed by atoms with E-state index >= 15 is 0 Å². The van der Waals surface area contributed by atoms with E-state index in [9.17, 15) is 5.11 Å². The molecule has 0 aromatic heterocycles. The lowest BCUT2D eigenvalue weighted by Crippen LogP contribution is -2.50. The van der Waals surface area contributed by atoms with Crippen molar-refractivity contribution in [3.05, 3.63) is 23.8 Å². The Kier molecular flexibility index (Phi) is 6.35. The number of hydrogen-bond acceptors (Lipinski definition) is 1. The summed E-state index contributed by atoms with van der Waals surface area (Å²) in [4.78, 5) is 0. The van der Waals surface area contributed by atoms with Crippen LogP contribution in [0.15, 0.2) is 23.8 Å². The minimum Gasteiger partial charge on any atom is -0.393 e. The smallest absolute Gasteiger partial charge is 0.0577 e. The molecular formula is C29H48O. The van der Waals surface area contributed by atoms with Crippen LogP contribution < -0.4 is 0 Å². The first-order valence-electron chi connectivity index (χ1n) is 13.3. The van der Waals surface area contributed by atoms with E-state index in [1.807, 2.05) is 0 Å². The molecule has 3 saturated carbocycles. The average molecular weight is 413 g/mol. The van der Waals surface area contributed by atoms with Crippen LogP contribution in [0.2, 0.25) is 0 Å². The van der Waals surface area contributed by atoms with Gasteiger partial charge in [0.25, 0.3) is 0 Å². The molecule has 0 spiro atoms. The third-order valence-electron chi connectivity index (χ3n) is 10.8. The first-order valence-corrected chi connectivity index (χ1v) is 13.3. The molecule has 4 rings (SSSR count). The van der Waals surface area contributed by atoms with E-state index < -0.39 is 0 Å². The quantitative estimate of drug-likeness (QED) is 0.457. The van der Waals surface area contributed by atoms with Crippen LogP contribution in [0.1, 0.15) is 99.3 Å². The third-order valence-corrected chi connectivity index (χ3v) is 10.8. The second kappa shape index (κ2) is 8.42. The zero-order chi connectivity index (χ0) is 21.7. The summed E-state index contributed by atoms with van der Waals surface area (Å²) in [6.45, 7) is 14.8. The minimum absolute atomic E-state index is 0.0870. The van der Waals surface area contributed by atoms with Gasteiger partial charge in [-0.15, -0.1) is 0 Å². The summed E-state index contributed by atoms with van der Waals surface area (Å²) in [5.41, 5.74) is 2.51. The molecule has 0 bridgehead atoms. The van der Waals surface area contributed by atoms with E-state index in [4.69, 9.17) is 0 Å². The van der Waals surface area contributed by atoms with Crippen LogP contribution in [0.25, 0.3) is 0 Å². The van der Waals surface area contributed by atoms with Gasteiger partial charge in [-0.2, -0.15) is 0 Å². The normalized spacial score (nSPS) is 45.6. The van der Waals surface area contributed by atoms with Crippen LogP contribution in [-0.4, -0.2) is 11.2 Å². The second-order valence-electron chi connectivity index (χ2n) is 12.4. The molecule has 0 heterocycles. The van der Waals surface area contributed by atoms with Crippen molar-refractivity contribution in [1.29, 1.82) is 0 Å². The standard InChI is InChI=1S/C29H48O/c1-7-21(19(2)3)9-8-20(4)25-12-13-26-24-11-10-22-18-23(30)14-16-28(22,5)27(24)15-17-29(25,26)6/h8-10,19-21,23-27,30H,7,11-18H2,1-6H3/b9-8+/t20-,21-,23+,24?,25-,26+,27?,28?,29?/m1/s1. The highest BCUT2D eigenvalue weighted by atomic mass is 16.3. The number of hydrogen-bond donors (Lipinski definition) is 1. The fraction of sp³-hybridized carbons (Fsp3) is 0.862. The Morgan fingerprint density at radius 1 is 1.03 bits per heavy atom. The van der Waals surface area contributed by atoms with Crippen LogP contribution in [0.3, 0.4) is 0 Å². The number of allylic oxidation sites excluding steroid dienone is 3. The highest BCUT2D eigenvalue weighted by molar-refractivity contribution is 5.25. The molecule has 1 heteroatoms. The molecule has 0 aromatic carbocycles. The number of aliphatic hydroxyl groups is 1. The third kappa shape index (κ3) is 3.66. The van der Waals surface area contributed by atoms with E-state index in [-0.39, 0.29) is 6.10 Å². The van der Waals surface area contributed by atoms with Crippen molar-refractivity contribution in [2.45, 2.75) is 105 Å². The van der Waals surface area contributed by atoms with Crippen molar-refractivity contribution >= 4 is 0 Å². The van der Waals surface area contributed by atoms with Gasteiger partial charge in [-0.05, 0) is 110 Å². The molecule has 0 radical (unpaired) electrons. The second-order valence-corrected chi connectivity index (χ2v) is 12.4. The lowest BCUT2D eigenvalue weighted by atomic mass is 9.47. The molecule has 0 amide bonds. The molecule has 1 nitrogen and oxygen atoms in total. The zero-order valence-corrected chi connectivity index (χ0v) is 20.7. The van der Waals surface area contributed by atoms with E-state index in [1.54, 1.807) is 5.57 Å². The van der Waals surface area contributed by atoms with Gasteiger partial charge in [0.2, 0.25) is 0 Å². The van der Waals surface area contributed by atoms with Crippen molar-refractivity contribution in [2.24, 2.45) is 52.3 Å². The molecule has 170 valence electrons. The number of rotatable bonds is 5. The van der Waals surface area contributed by atoms with Gasteiger partial charge in [-0.3, -0.25) is 0 Å². The van der Waals surface area contributed by atoms with Crippen molar-refractivity contribution in [1.82, 2.24) is 0 Å². The predicted octanol–water partition coefficient (Wildman–Crippen LogP) is 7.80. The van der Waals surface area contributed by atoms with Gasteiger partial charge < -0.3 is 5.11 Å². The Morgan fingerprint density at radius 3 is 2.50 bits per heavy atom. The van der Waals surface area contributed by atoms with Crippen LogP contribution in [0.4, 0.5) is 0 Å². The summed E-state index contributed by atoms with van der Waals surface area (Å²) >= 11 is 0. The number of fused-ring (bicyclic) bond motifs is 5. The van der Waals surface area contributed by atoms with Gasteiger partial charge >= 0.3 is 0 Å². The van der Waals surface area contributed by atoms with E-state index in [0.29, 0.717) is 16.7 Å². The fourth-order valence-electron chi connectivity index (χ4n) is 8.83. The predicted molar refractivity (Wildman–Crippen MR) is 128 cm³/mol. The SMILES string of the molecule is CC[C@H](/C=C/[C@@H](C)[C@H]1CC[C@H]2C3CC=C4C[C@@H](O)CCC4(C)C3CCC12C)C(C)C. The Balaban J connectivity index is 1.52. The van der Waals surface area contributed by atoms with E-state index in [1.165, 1.54) is 44.9 Å². The maximum atomic E-state index is 10.2. The number of aliphatic hydroxyl groups excluding tert-OH is 1. The molecule has 4 aliphatic carbocycles. The minimum atomic E-state index is -0.0870. The molecule has 1 N–H and O–H groups in total. The lowest BCUT2D eigenvalue weighted by molar-refractivity contribution is -0.0540. The Morgan fingerprint density at radius 2 is 1.80 bits per heavy atom. The van der Waals surface area contributed by atoms with E-state index in [0.717, 1.165) is 48.3 Å². The maximum absolute atomic E-state index is 10.2. The van der Waals surface area contributed by atoms with E-state index in [2.05, 4.69) is 59.8 Å². The van der Waals surface area contributed by atoms with Gasteiger partial charge in [0.15, 0.2) is 0 Å². The summed E-state index contributed by atoms with van der Waals surface area (Å²) in [5.74, 6) is 5.70. The van der Waals surface area contributed by atoms with Crippen LogP contribution >= 0.6 is 0 Å². The highest BCUT2D eigenvalue weighted by Crippen LogP contribution is 2.67. The molecular weight excluding hydrogens is 364 g/mol. The van der Waals surface area contributed by atoms with Crippen molar-refractivity contribution in [3.63, 3.8) is 0 Å². The summed E-state index contributed by atoms with van der Waals surface area (Å²) < 4.78 is 0. The average Bonchev–Trinajstić information content (AvgIpc) is 3.06. The Hall–Kier alpha value is -0.560. The van der Waals surface area contributed by atoms with Crippen LogP contribution in [0, 0.1) is 52.3 Å². The van der Waals surface area contributed by atoms with Crippen molar-refractivity contribution in [2.75, 3.05) is 0 Å². The maximum Gasteiger partial charge on any atom is 0.0577 e. The summed E-state index contributed by atoms with van der Waals surface area (Å²) in [5, 5.41) is 10.2. The van der Waals surface area contributed by atoms with Gasteiger partial charge in [0.05, 0.1) is 6.10 Å². The zero-order valence-electron chi connectivity index (χ0n) is 20.7. The van der Waals surface area contributed by atoms with Gasteiger partial charge in [-0.25, -0.2) is 0 Å². The van der Waals surface area contributed by atoms with Crippen molar-refractivity contribution < 1.29 is 5.11 Å². The summed E-state index contributed by atoms with van der Waals surface area (Å²) in [6.07, 6.45) is 19.1. The first-order chi connectivity index (χ1) is 14.2. The molecule has 0 aromatic rings.